The van der Waals surface area contributed by atoms with Crippen molar-refractivity contribution in [3.8, 4) is 17.1 Å². The summed E-state index contributed by atoms with van der Waals surface area (Å²) in [4.78, 5) is 5.81. The lowest BCUT2D eigenvalue weighted by atomic mass is 10.1. The van der Waals surface area contributed by atoms with E-state index in [1.165, 1.54) is 24.3 Å². The van der Waals surface area contributed by atoms with Crippen molar-refractivity contribution in [2.24, 2.45) is 5.73 Å². The SMILES string of the molecule is Cl.N=C(N)N1CCC[C@H]1c1nc(-c2ccc(OCCCc3ccc(C(F)(F)F)cc3)c(C(F)(F)F)c2)no1. The van der Waals surface area contributed by atoms with Gasteiger partial charge in [-0.1, -0.05) is 17.3 Å². The van der Waals surface area contributed by atoms with E-state index >= 15 is 0 Å². The lowest BCUT2D eigenvalue weighted by Gasteiger charge is -2.21. The van der Waals surface area contributed by atoms with Crippen LogP contribution in [0.25, 0.3) is 11.4 Å². The highest BCUT2D eigenvalue weighted by atomic mass is 35.5. The molecule has 1 aliphatic heterocycles. The van der Waals surface area contributed by atoms with Gasteiger partial charge in [0.05, 0.1) is 17.7 Å². The normalized spacial score (nSPS) is 15.8. The summed E-state index contributed by atoms with van der Waals surface area (Å²) in [6.45, 7) is 0.471. The second-order valence-corrected chi connectivity index (χ2v) is 8.55. The van der Waals surface area contributed by atoms with Crippen LogP contribution in [-0.4, -0.2) is 34.2 Å². The summed E-state index contributed by atoms with van der Waals surface area (Å²) in [7, 11) is 0. The molecule has 0 radical (unpaired) electrons. The summed E-state index contributed by atoms with van der Waals surface area (Å²) in [5, 5.41) is 11.5. The lowest BCUT2D eigenvalue weighted by molar-refractivity contribution is -0.139. The van der Waals surface area contributed by atoms with Crippen molar-refractivity contribution >= 4 is 18.4 Å². The fourth-order valence-corrected chi connectivity index (χ4v) is 4.13. The standard InChI is InChI=1S/C24H23F6N5O2.ClH/c25-23(26,27)16-8-5-14(6-9-16)3-2-12-36-19-10-7-15(13-17(19)24(28,29)30)20-33-21(37-34-20)18-4-1-11-35(18)22(31)32;/h5-10,13,18H,1-4,11-12H2,(H3,31,32);1H/t18-;/m0./s1. The quantitative estimate of drug-likeness (QED) is 0.153. The van der Waals surface area contributed by atoms with Gasteiger partial charge in [-0.05, 0) is 61.6 Å². The molecule has 3 N–H and O–H groups in total. The van der Waals surface area contributed by atoms with Gasteiger partial charge in [0.2, 0.25) is 11.7 Å². The molecule has 0 aliphatic carbocycles. The van der Waals surface area contributed by atoms with Crippen LogP contribution in [-0.2, 0) is 18.8 Å². The van der Waals surface area contributed by atoms with Gasteiger partial charge in [-0.3, -0.25) is 5.41 Å². The number of aryl methyl sites for hydroxylation is 1. The van der Waals surface area contributed by atoms with Gasteiger partial charge in [0, 0.05) is 12.1 Å². The predicted molar refractivity (Wildman–Crippen MR) is 128 cm³/mol. The van der Waals surface area contributed by atoms with Crippen LogP contribution in [0.1, 0.15) is 47.9 Å². The number of benzene rings is 2. The molecule has 7 nitrogen and oxygen atoms in total. The first-order chi connectivity index (χ1) is 17.4. The number of halogens is 7. The number of alkyl halides is 6. The Hall–Kier alpha value is -3.48. The van der Waals surface area contributed by atoms with Crippen molar-refractivity contribution in [2.45, 2.75) is 44.1 Å². The molecule has 0 unspecified atom stereocenters. The second kappa shape index (κ2) is 11.5. The minimum absolute atomic E-state index is 0. The van der Waals surface area contributed by atoms with E-state index in [-0.39, 0.29) is 48.0 Å². The highest BCUT2D eigenvalue weighted by molar-refractivity contribution is 5.85. The zero-order valence-electron chi connectivity index (χ0n) is 19.8. The molecule has 0 bridgehead atoms. The largest absolute Gasteiger partial charge is 0.493 e. The average Bonchev–Trinajstić information content (AvgIpc) is 3.51. The number of ether oxygens (including phenoxy) is 1. The maximum Gasteiger partial charge on any atom is 0.419 e. The molecular formula is C24H24ClF6N5O2. The van der Waals surface area contributed by atoms with Crippen molar-refractivity contribution in [1.82, 2.24) is 15.0 Å². The van der Waals surface area contributed by atoms with Gasteiger partial charge >= 0.3 is 12.4 Å². The first-order valence-electron chi connectivity index (χ1n) is 11.4. The summed E-state index contributed by atoms with van der Waals surface area (Å²) >= 11 is 0. The molecule has 2 aromatic carbocycles. The van der Waals surface area contributed by atoms with Crippen molar-refractivity contribution in [3.63, 3.8) is 0 Å². The Balaban J connectivity index is 0.00000400. The summed E-state index contributed by atoms with van der Waals surface area (Å²) in [6.07, 6.45) is -7.15. The Morgan fingerprint density at radius 1 is 1.08 bits per heavy atom. The maximum atomic E-state index is 13.8. The zero-order valence-corrected chi connectivity index (χ0v) is 20.6. The molecule has 1 saturated heterocycles. The first kappa shape index (κ1) is 29.1. The number of guanidine groups is 1. The highest BCUT2D eigenvalue weighted by Gasteiger charge is 2.36. The predicted octanol–water partition coefficient (Wildman–Crippen LogP) is 6.24. The number of nitrogens with one attached hydrogen (secondary N) is 1. The lowest BCUT2D eigenvalue weighted by Crippen LogP contribution is -2.35. The Morgan fingerprint density at radius 2 is 1.79 bits per heavy atom. The molecular weight excluding hydrogens is 540 g/mol. The van der Waals surface area contributed by atoms with E-state index in [9.17, 15) is 26.3 Å². The molecule has 1 aromatic heterocycles. The second-order valence-electron chi connectivity index (χ2n) is 8.55. The van der Waals surface area contributed by atoms with Crippen molar-refractivity contribution in [3.05, 3.63) is 65.0 Å². The van der Waals surface area contributed by atoms with Crippen LogP contribution in [0.2, 0.25) is 0 Å². The number of nitrogens with two attached hydrogens (primary N) is 1. The molecule has 14 heteroatoms. The number of rotatable bonds is 7. The third-order valence-electron chi connectivity index (χ3n) is 5.98. The molecule has 38 heavy (non-hydrogen) atoms. The van der Waals surface area contributed by atoms with E-state index in [0.29, 0.717) is 31.4 Å². The van der Waals surface area contributed by atoms with Gasteiger partial charge in [-0.25, -0.2) is 0 Å². The fourth-order valence-electron chi connectivity index (χ4n) is 4.13. The summed E-state index contributed by atoms with van der Waals surface area (Å²) in [5.41, 5.74) is 4.48. The minimum atomic E-state index is -4.72. The van der Waals surface area contributed by atoms with Crippen LogP contribution in [0.3, 0.4) is 0 Å². The molecule has 206 valence electrons. The number of aromatic nitrogens is 2. The zero-order chi connectivity index (χ0) is 26.8. The molecule has 0 spiro atoms. The van der Waals surface area contributed by atoms with Gasteiger partial charge in [0.25, 0.3) is 0 Å². The van der Waals surface area contributed by atoms with Crippen molar-refractivity contribution in [2.75, 3.05) is 13.2 Å². The highest BCUT2D eigenvalue weighted by Crippen LogP contribution is 2.39. The van der Waals surface area contributed by atoms with E-state index in [0.717, 1.165) is 24.6 Å². The summed E-state index contributed by atoms with van der Waals surface area (Å²) in [6, 6.07) is 7.61. The summed E-state index contributed by atoms with van der Waals surface area (Å²) < 4.78 is 89.9. The number of likely N-dealkylation sites (tertiary alicyclic amines) is 1. The van der Waals surface area contributed by atoms with Crippen LogP contribution in [0.5, 0.6) is 5.75 Å². The van der Waals surface area contributed by atoms with Gasteiger partial charge in [0.15, 0.2) is 5.96 Å². The minimum Gasteiger partial charge on any atom is -0.493 e. The van der Waals surface area contributed by atoms with Crippen molar-refractivity contribution < 1.29 is 35.6 Å². The molecule has 0 amide bonds. The molecule has 3 aromatic rings. The van der Waals surface area contributed by atoms with E-state index in [1.807, 2.05) is 0 Å². The monoisotopic (exact) mass is 563 g/mol. The Morgan fingerprint density at radius 3 is 2.42 bits per heavy atom. The van der Waals surface area contributed by atoms with Gasteiger partial charge in [0.1, 0.15) is 11.8 Å². The number of hydrogen-bond donors (Lipinski definition) is 2. The molecule has 1 fully saturated rings. The van der Waals surface area contributed by atoms with Crippen molar-refractivity contribution in [1.29, 1.82) is 5.41 Å². The number of nitrogens with zero attached hydrogens (tertiary/aromatic N) is 3. The van der Waals surface area contributed by atoms with E-state index < -0.39 is 29.5 Å². The van der Waals surface area contributed by atoms with Crippen LogP contribution < -0.4 is 10.5 Å². The number of hydrogen-bond acceptors (Lipinski definition) is 5. The molecule has 0 saturated carbocycles. The Labute approximate surface area is 219 Å². The van der Waals surface area contributed by atoms with Gasteiger partial charge in [-0.2, -0.15) is 31.3 Å². The van der Waals surface area contributed by atoms with Crippen LogP contribution in [0.4, 0.5) is 26.3 Å². The van der Waals surface area contributed by atoms with E-state index in [4.69, 9.17) is 20.4 Å². The van der Waals surface area contributed by atoms with Gasteiger partial charge in [-0.15, -0.1) is 12.4 Å². The van der Waals surface area contributed by atoms with Crippen LogP contribution >= 0.6 is 12.4 Å². The first-order valence-corrected chi connectivity index (χ1v) is 11.4. The van der Waals surface area contributed by atoms with Crippen LogP contribution in [0.15, 0.2) is 47.0 Å². The average molecular weight is 564 g/mol. The smallest absolute Gasteiger partial charge is 0.419 e. The third-order valence-corrected chi connectivity index (χ3v) is 5.98. The third kappa shape index (κ3) is 6.69. The van der Waals surface area contributed by atoms with Gasteiger partial charge < -0.3 is 19.9 Å². The molecule has 1 atom stereocenters. The molecule has 2 heterocycles. The Kier molecular flexibility index (Phi) is 8.80. The summed E-state index contributed by atoms with van der Waals surface area (Å²) in [5.74, 6) is -0.406. The Bertz CT molecular complexity index is 1250. The topological polar surface area (TPSA) is 101 Å². The van der Waals surface area contributed by atoms with E-state index in [2.05, 4.69) is 10.1 Å². The maximum absolute atomic E-state index is 13.8. The molecule has 1 aliphatic rings. The fraction of sp³-hybridized carbons (Fsp3) is 0.375. The van der Waals surface area contributed by atoms with Crippen LogP contribution in [0, 0.1) is 5.41 Å². The van der Waals surface area contributed by atoms with E-state index in [1.54, 1.807) is 4.90 Å². The molecule has 4 rings (SSSR count).